The van der Waals surface area contributed by atoms with Crippen LogP contribution in [0.15, 0.2) is 78.9 Å². The molecule has 0 saturated carbocycles. The maximum atomic E-state index is 11.9. The first-order valence-electron chi connectivity index (χ1n) is 6.28. The van der Waals surface area contributed by atoms with Crippen molar-refractivity contribution in [3.8, 4) is 0 Å². The van der Waals surface area contributed by atoms with Gasteiger partial charge in [0.15, 0.2) is 0 Å². The largest absolute Gasteiger partial charge is 0.748 e. The van der Waals surface area contributed by atoms with Gasteiger partial charge in [-0.05, 0) is 5.56 Å². The van der Waals surface area contributed by atoms with Gasteiger partial charge >= 0.3 is 0 Å². The molecule has 0 aromatic heterocycles. The minimum absolute atomic E-state index is 0. The van der Waals surface area contributed by atoms with Gasteiger partial charge < -0.3 is 35.1 Å². The first-order chi connectivity index (χ1) is 9.29. The summed E-state index contributed by atoms with van der Waals surface area (Å²) in [5, 5.41) is 0. The van der Waals surface area contributed by atoms with Crippen molar-refractivity contribution >= 4 is 5.78 Å². The molecule has 20 heavy (non-hydrogen) atoms. The first-order valence-corrected chi connectivity index (χ1v) is 6.28. The van der Waals surface area contributed by atoms with Gasteiger partial charge in [0.25, 0.3) is 0 Å². The molecule has 0 fully saturated rings. The Hall–Kier alpha value is -1.89. The van der Waals surface area contributed by atoms with Crippen molar-refractivity contribution in [1.29, 1.82) is 0 Å². The predicted octanol–water partition coefficient (Wildman–Crippen LogP) is 4.35. The van der Waals surface area contributed by atoms with Gasteiger partial charge in [0, 0.05) is 17.1 Å². The molecule has 0 bridgehead atoms. The molecule has 3 aromatic carbocycles. The van der Waals surface area contributed by atoms with Crippen molar-refractivity contribution in [3.63, 3.8) is 0 Å². The fraction of sp³-hybridized carbons (Fsp3) is 0.0556. The predicted molar refractivity (Wildman–Crippen MR) is 78.7 cm³/mol. The van der Waals surface area contributed by atoms with Crippen LogP contribution >= 0.6 is 0 Å². The Balaban J connectivity index is 0.000000283. The maximum Gasteiger partial charge on any atom is 0.107 e. The van der Waals surface area contributed by atoms with Crippen molar-refractivity contribution < 1.29 is 21.9 Å². The van der Waals surface area contributed by atoms with Crippen molar-refractivity contribution in [2.24, 2.45) is 0 Å². The van der Waals surface area contributed by atoms with Crippen LogP contribution in [-0.2, 0) is 17.1 Å². The zero-order valence-corrected chi connectivity index (χ0v) is 12.4. The molecule has 0 saturated heterocycles. The van der Waals surface area contributed by atoms with Crippen LogP contribution in [0.4, 0.5) is 0 Å². The number of benzene rings is 1. The number of hydrogen-bond donors (Lipinski definition) is 0. The number of carbonyl (C=O) groups excluding carboxylic acids is 1. The Kier molecular flexibility index (Phi) is 6.72. The first kappa shape index (κ1) is 16.2. The summed E-state index contributed by atoms with van der Waals surface area (Å²) in [5.74, 6) is 0.105. The number of hydrogen-bond acceptors (Lipinski definition) is 1. The van der Waals surface area contributed by atoms with Crippen molar-refractivity contribution in [2.45, 2.75) is 6.92 Å². The van der Waals surface area contributed by atoms with Crippen molar-refractivity contribution in [2.75, 3.05) is 0 Å². The van der Waals surface area contributed by atoms with E-state index < -0.39 is 0 Å². The third-order valence-corrected chi connectivity index (χ3v) is 2.87. The van der Waals surface area contributed by atoms with E-state index >= 15 is 0 Å². The van der Waals surface area contributed by atoms with Crippen LogP contribution in [0.3, 0.4) is 0 Å². The third kappa shape index (κ3) is 4.34. The standard InChI is InChI=1S/C13H11O.C5H5.Fe/c1-10-6-5-9-12(10)13(14)11-7-3-2-4-8-11;1-2-4-5-3-1;/h2-9H,1H3;1-5H;/q-1;-5;. The fourth-order valence-electron chi connectivity index (χ4n) is 1.83. The molecule has 108 valence electrons. The van der Waals surface area contributed by atoms with Crippen molar-refractivity contribution in [3.05, 3.63) is 95.6 Å². The fourth-order valence-corrected chi connectivity index (χ4v) is 1.83. The van der Waals surface area contributed by atoms with Gasteiger partial charge in [0.05, 0.1) is 0 Å². The van der Waals surface area contributed by atoms with Gasteiger partial charge in [0.2, 0.25) is 0 Å². The average molecular weight is 304 g/mol. The summed E-state index contributed by atoms with van der Waals surface area (Å²) in [7, 11) is 0. The second-order valence-electron chi connectivity index (χ2n) is 4.28. The molecule has 3 aromatic rings. The number of carbonyl (C=O) groups is 1. The number of ketones is 1. The number of rotatable bonds is 2. The van der Waals surface area contributed by atoms with E-state index in [4.69, 9.17) is 0 Å². The molecule has 0 aliphatic heterocycles. The molecule has 2 heteroatoms. The average Bonchev–Trinajstić information content (AvgIpc) is 3.13. The van der Waals surface area contributed by atoms with E-state index in [0.29, 0.717) is 0 Å². The maximum absolute atomic E-state index is 11.9. The smallest absolute Gasteiger partial charge is 0.107 e. The van der Waals surface area contributed by atoms with Crippen LogP contribution < -0.4 is 0 Å². The van der Waals surface area contributed by atoms with Gasteiger partial charge in [0.1, 0.15) is 5.78 Å². The number of aryl methyl sites for hydroxylation is 1. The molecular weight excluding hydrogens is 288 g/mol. The van der Waals surface area contributed by atoms with E-state index in [1.165, 1.54) is 0 Å². The van der Waals surface area contributed by atoms with E-state index in [9.17, 15) is 4.79 Å². The summed E-state index contributed by atoms with van der Waals surface area (Å²) < 4.78 is 0. The van der Waals surface area contributed by atoms with Gasteiger partial charge in [-0.2, -0.15) is 18.2 Å². The zero-order valence-electron chi connectivity index (χ0n) is 11.3. The van der Waals surface area contributed by atoms with E-state index in [1.54, 1.807) is 0 Å². The second-order valence-corrected chi connectivity index (χ2v) is 4.28. The summed E-state index contributed by atoms with van der Waals surface area (Å²) in [6.45, 7) is 1.95. The zero-order chi connectivity index (χ0) is 13.5. The molecular formula is C18H16FeO-6. The van der Waals surface area contributed by atoms with Crippen LogP contribution in [0, 0.1) is 6.92 Å². The Morgan fingerprint density at radius 2 is 1.45 bits per heavy atom. The molecule has 3 rings (SSSR count). The summed E-state index contributed by atoms with van der Waals surface area (Å²) in [5.41, 5.74) is 2.59. The second kappa shape index (κ2) is 8.31. The van der Waals surface area contributed by atoms with Crippen molar-refractivity contribution in [1.82, 2.24) is 0 Å². The Labute approximate surface area is 130 Å². The van der Waals surface area contributed by atoms with Crippen LogP contribution in [0.25, 0.3) is 0 Å². The quantitative estimate of drug-likeness (QED) is 0.391. The molecule has 0 N–H and O–H groups in total. The Morgan fingerprint density at radius 3 is 1.90 bits per heavy atom. The van der Waals surface area contributed by atoms with Crippen LogP contribution in [0.1, 0.15) is 21.5 Å². The molecule has 0 heterocycles. The molecule has 0 unspecified atom stereocenters. The molecule has 1 nitrogen and oxygen atoms in total. The van der Waals surface area contributed by atoms with Gasteiger partial charge in [-0.25, -0.2) is 0 Å². The summed E-state index contributed by atoms with van der Waals surface area (Å²) in [4.78, 5) is 11.9. The molecule has 0 amide bonds. The molecule has 0 spiro atoms. The molecule has 0 radical (unpaired) electrons. The van der Waals surface area contributed by atoms with Crippen LogP contribution in [0.2, 0.25) is 0 Å². The minimum atomic E-state index is 0. The molecule has 0 aliphatic carbocycles. The van der Waals surface area contributed by atoms with E-state index in [0.717, 1.165) is 16.7 Å². The minimum Gasteiger partial charge on any atom is -0.748 e. The van der Waals surface area contributed by atoms with Crippen LogP contribution in [0.5, 0.6) is 0 Å². The monoisotopic (exact) mass is 304 g/mol. The molecule has 0 atom stereocenters. The summed E-state index contributed by atoms with van der Waals surface area (Å²) >= 11 is 0. The van der Waals surface area contributed by atoms with E-state index in [-0.39, 0.29) is 22.9 Å². The third-order valence-electron chi connectivity index (χ3n) is 2.87. The summed E-state index contributed by atoms with van der Waals surface area (Å²) in [6.07, 6.45) is 0. The molecule has 0 aliphatic rings. The SMILES string of the molecule is C[c-]1cccc1C(=O)c1ccccc1.[Fe].[cH-]1[cH-][cH-][cH-][cH-]1. The summed E-state index contributed by atoms with van der Waals surface area (Å²) in [6, 6.07) is 25.1. The van der Waals surface area contributed by atoms with E-state index in [2.05, 4.69) is 0 Å². The topological polar surface area (TPSA) is 17.1 Å². The normalized spacial score (nSPS) is 9.05. The van der Waals surface area contributed by atoms with E-state index in [1.807, 2.05) is 85.8 Å². The van der Waals surface area contributed by atoms with Crippen LogP contribution in [-0.4, -0.2) is 5.78 Å². The Morgan fingerprint density at radius 1 is 0.900 bits per heavy atom. The Bertz CT molecular complexity index is 589. The van der Waals surface area contributed by atoms with Gasteiger partial charge in [-0.15, -0.1) is 11.1 Å². The van der Waals surface area contributed by atoms with Gasteiger partial charge in [-0.3, -0.25) is 0 Å². The van der Waals surface area contributed by atoms with Gasteiger partial charge in [-0.1, -0.05) is 37.3 Å².